The topological polar surface area (TPSA) is 58.6 Å². The normalized spacial score (nSPS) is 22.7. The summed E-state index contributed by atoms with van der Waals surface area (Å²) in [6, 6.07) is 17.1. The van der Waals surface area contributed by atoms with Crippen molar-refractivity contribution in [2.24, 2.45) is 5.92 Å². The number of hydrogen-bond acceptors (Lipinski definition) is 3. The van der Waals surface area contributed by atoms with Crippen molar-refractivity contribution in [1.82, 2.24) is 5.32 Å². The molecule has 2 aromatic carbocycles. The molecule has 1 aliphatic heterocycles. The number of nitrogens with zero attached hydrogens (tertiary/aromatic N) is 1. The molecule has 5 heteroatoms. The summed E-state index contributed by atoms with van der Waals surface area (Å²) in [4.78, 5) is 27.3. The van der Waals surface area contributed by atoms with Crippen molar-refractivity contribution in [2.75, 3.05) is 11.4 Å². The number of amides is 2. The highest BCUT2D eigenvalue weighted by atomic mass is 16.5. The first-order chi connectivity index (χ1) is 14.1. The molecule has 2 aromatic rings. The van der Waals surface area contributed by atoms with Gasteiger partial charge >= 0.3 is 0 Å². The molecule has 0 saturated heterocycles. The SMILES string of the molecule is CC1CCC(NC(=O)CN2C(=O)C(=Cc3ccccc3)Oc3ccccc32)CC1. The maximum atomic E-state index is 13.1. The van der Waals surface area contributed by atoms with Crippen LogP contribution in [0.2, 0.25) is 0 Å². The lowest BCUT2D eigenvalue weighted by Crippen LogP contribution is -2.47. The Kier molecular flexibility index (Phi) is 5.65. The molecule has 1 heterocycles. The molecule has 2 aliphatic rings. The smallest absolute Gasteiger partial charge is 0.294 e. The molecule has 0 spiro atoms. The first kappa shape index (κ1) is 19.2. The second kappa shape index (κ2) is 8.52. The molecule has 0 unspecified atom stereocenters. The Morgan fingerprint density at radius 2 is 1.76 bits per heavy atom. The van der Waals surface area contributed by atoms with Crippen LogP contribution in [0.5, 0.6) is 5.75 Å². The summed E-state index contributed by atoms with van der Waals surface area (Å²) in [5.74, 6) is 1.08. The fourth-order valence-electron chi connectivity index (χ4n) is 3.94. The van der Waals surface area contributed by atoms with Gasteiger partial charge in [-0.2, -0.15) is 0 Å². The molecule has 29 heavy (non-hydrogen) atoms. The van der Waals surface area contributed by atoms with Gasteiger partial charge in [0.1, 0.15) is 6.54 Å². The van der Waals surface area contributed by atoms with Gasteiger partial charge in [-0.1, -0.05) is 49.4 Å². The van der Waals surface area contributed by atoms with E-state index in [9.17, 15) is 9.59 Å². The standard InChI is InChI=1S/C24H26N2O3/c1-17-11-13-19(14-12-17)25-23(27)16-26-20-9-5-6-10-21(20)29-22(24(26)28)15-18-7-3-2-4-8-18/h2-10,15,17,19H,11-14,16H2,1H3,(H,25,27). The zero-order chi connectivity index (χ0) is 20.2. The monoisotopic (exact) mass is 390 g/mol. The van der Waals surface area contributed by atoms with Crippen molar-refractivity contribution in [2.45, 2.75) is 38.6 Å². The largest absolute Gasteiger partial charge is 0.449 e. The van der Waals surface area contributed by atoms with Crippen LogP contribution in [0.1, 0.15) is 38.2 Å². The van der Waals surface area contributed by atoms with Gasteiger partial charge in [-0.15, -0.1) is 0 Å². The van der Waals surface area contributed by atoms with Crippen LogP contribution in [0.25, 0.3) is 6.08 Å². The Morgan fingerprint density at radius 3 is 2.52 bits per heavy atom. The lowest BCUT2D eigenvalue weighted by atomic mass is 9.87. The van der Waals surface area contributed by atoms with Gasteiger partial charge in [0.15, 0.2) is 11.5 Å². The Bertz CT molecular complexity index is 915. The average molecular weight is 390 g/mol. The minimum Gasteiger partial charge on any atom is -0.449 e. The second-order valence-electron chi connectivity index (χ2n) is 7.90. The van der Waals surface area contributed by atoms with Crippen LogP contribution in [0.15, 0.2) is 60.4 Å². The van der Waals surface area contributed by atoms with Gasteiger partial charge in [0, 0.05) is 6.04 Å². The second-order valence-corrected chi connectivity index (χ2v) is 7.90. The molecule has 150 valence electrons. The number of ether oxygens (including phenoxy) is 1. The summed E-state index contributed by atoms with van der Waals surface area (Å²) >= 11 is 0. The Morgan fingerprint density at radius 1 is 1.07 bits per heavy atom. The molecule has 2 amide bonds. The van der Waals surface area contributed by atoms with E-state index in [4.69, 9.17) is 4.74 Å². The van der Waals surface area contributed by atoms with Crippen molar-refractivity contribution < 1.29 is 14.3 Å². The molecule has 1 N–H and O–H groups in total. The maximum Gasteiger partial charge on any atom is 0.294 e. The Balaban J connectivity index is 1.53. The van der Waals surface area contributed by atoms with Gasteiger partial charge in [0.25, 0.3) is 5.91 Å². The van der Waals surface area contributed by atoms with Crippen molar-refractivity contribution in [3.63, 3.8) is 0 Å². The fourth-order valence-corrected chi connectivity index (χ4v) is 3.94. The summed E-state index contributed by atoms with van der Waals surface area (Å²) in [5.41, 5.74) is 1.49. The van der Waals surface area contributed by atoms with Crippen LogP contribution in [0, 0.1) is 5.92 Å². The minimum absolute atomic E-state index is 0.0165. The first-order valence-corrected chi connectivity index (χ1v) is 10.2. The molecule has 1 aliphatic carbocycles. The van der Waals surface area contributed by atoms with Crippen LogP contribution in [0.3, 0.4) is 0 Å². The van der Waals surface area contributed by atoms with Gasteiger partial charge in [0.05, 0.1) is 5.69 Å². The molecule has 1 fully saturated rings. The zero-order valence-corrected chi connectivity index (χ0v) is 16.6. The number of anilines is 1. The molecule has 0 radical (unpaired) electrons. The lowest BCUT2D eigenvalue weighted by molar-refractivity contribution is -0.124. The molecular formula is C24H26N2O3. The van der Waals surface area contributed by atoms with Crippen LogP contribution < -0.4 is 15.0 Å². The van der Waals surface area contributed by atoms with E-state index in [0.717, 1.165) is 37.2 Å². The third-order valence-electron chi connectivity index (χ3n) is 5.61. The number of nitrogens with one attached hydrogen (secondary N) is 1. The van der Waals surface area contributed by atoms with Gasteiger partial charge in [0.2, 0.25) is 5.91 Å². The third-order valence-corrected chi connectivity index (χ3v) is 5.61. The molecule has 0 bridgehead atoms. The van der Waals surface area contributed by atoms with Gasteiger partial charge in [-0.25, -0.2) is 0 Å². The highest BCUT2D eigenvalue weighted by molar-refractivity contribution is 6.12. The zero-order valence-electron chi connectivity index (χ0n) is 16.6. The molecule has 5 nitrogen and oxygen atoms in total. The number of carbonyl (C=O) groups is 2. The average Bonchev–Trinajstić information content (AvgIpc) is 2.73. The van der Waals surface area contributed by atoms with Crippen molar-refractivity contribution in [3.05, 3.63) is 65.9 Å². The van der Waals surface area contributed by atoms with Gasteiger partial charge < -0.3 is 10.1 Å². The van der Waals surface area contributed by atoms with E-state index in [1.165, 1.54) is 4.90 Å². The quantitative estimate of drug-likeness (QED) is 0.798. The highest BCUT2D eigenvalue weighted by Gasteiger charge is 2.32. The van der Waals surface area contributed by atoms with Crippen molar-refractivity contribution in [3.8, 4) is 5.75 Å². The minimum atomic E-state index is -0.306. The summed E-state index contributed by atoms with van der Waals surface area (Å²) in [6.07, 6.45) is 5.98. The van der Waals surface area contributed by atoms with Crippen molar-refractivity contribution >= 4 is 23.6 Å². The molecule has 0 aromatic heterocycles. The number of benzene rings is 2. The molecule has 4 rings (SSSR count). The predicted molar refractivity (Wildman–Crippen MR) is 113 cm³/mol. The van der Waals surface area contributed by atoms with Crippen LogP contribution >= 0.6 is 0 Å². The number of para-hydroxylation sites is 2. The van der Waals surface area contributed by atoms with Gasteiger partial charge in [-0.05, 0) is 55.4 Å². The number of hydrogen-bond donors (Lipinski definition) is 1. The van der Waals surface area contributed by atoms with E-state index >= 15 is 0 Å². The first-order valence-electron chi connectivity index (χ1n) is 10.2. The highest BCUT2D eigenvalue weighted by Crippen LogP contribution is 2.35. The van der Waals surface area contributed by atoms with E-state index in [-0.39, 0.29) is 30.2 Å². The number of fused-ring (bicyclic) bond motifs is 1. The van der Waals surface area contributed by atoms with Crippen LogP contribution in [-0.4, -0.2) is 24.4 Å². The van der Waals surface area contributed by atoms with Gasteiger partial charge in [-0.3, -0.25) is 14.5 Å². The van der Waals surface area contributed by atoms with Crippen LogP contribution in [0.4, 0.5) is 5.69 Å². The number of carbonyl (C=O) groups excluding carboxylic acids is 2. The van der Waals surface area contributed by atoms with Crippen molar-refractivity contribution in [1.29, 1.82) is 0 Å². The fraction of sp³-hybridized carbons (Fsp3) is 0.333. The van der Waals surface area contributed by atoms with Crippen LogP contribution in [-0.2, 0) is 9.59 Å². The summed E-state index contributed by atoms with van der Waals surface area (Å²) in [6.45, 7) is 2.24. The summed E-state index contributed by atoms with van der Waals surface area (Å²) in [5, 5.41) is 3.11. The van der Waals surface area contributed by atoms with E-state index < -0.39 is 0 Å². The van der Waals surface area contributed by atoms with E-state index in [1.807, 2.05) is 54.6 Å². The molecule has 1 saturated carbocycles. The predicted octanol–water partition coefficient (Wildman–Crippen LogP) is 4.15. The van der Waals surface area contributed by atoms with E-state index in [2.05, 4.69) is 12.2 Å². The molecular weight excluding hydrogens is 364 g/mol. The van der Waals surface area contributed by atoms with E-state index in [1.54, 1.807) is 6.08 Å². The lowest BCUT2D eigenvalue weighted by Gasteiger charge is -2.31. The van der Waals surface area contributed by atoms with E-state index in [0.29, 0.717) is 11.4 Å². The Labute approximate surface area is 171 Å². The third kappa shape index (κ3) is 4.50. The summed E-state index contributed by atoms with van der Waals surface area (Å²) in [7, 11) is 0. The number of rotatable bonds is 4. The summed E-state index contributed by atoms with van der Waals surface area (Å²) < 4.78 is 5.86. The maximum absolute atomic E-state index is 13.1. The molecule has 0 atom stereocenters. The Hall–Kier alpha value is -3.08.